The van der Waals surface area contributed by atoms with E-state index in [1.165, 1.54) is 37.9 Å². The summed E-state index contributed by atoms with van der Waals surface area (Å²) in [5, 5.41) is 3.67. The third-order valence-corrected chi connectivity index (χ3v) is 5.42. The minimum Gasteiger partial charge on any atom is -0.314 e. The predicted molar refractivity (Wildman–Crippen MR) is 92.6 cm³/mol. The highest BCUT2D eigenvalue weighted by molar-refractivity contribution is 5.71. The summed E-state index contributed by atoms with van der Waals surface area (Å²) in [4.78, 5) is 12.0. The molecule has 2 aromatic rings. The standard InChI is InChI=1S/C18H27N5/c1-22-11-7-15(8-12-22)23-17(13-14-5-2-3-9-19-14)21-16-6-4-10-20-18(16)23/h4,6,10,14-15,19H,2-3,5,7-9,11-13H2,1H3. The van der Waals surface area contributed by atoms with Crippen molar-refractivity contribution in [1.82, 2.24) is 24.8 Å². The molecule has 2 fully saturated rings. The second-order valence-corrected chi connectivity index (χ2v) is 7.13. The third-order valence-electron chi connectivity index (χ3n) is 5.42. The van der Waals surface area contributed by atoms with Crippen LogP contribution >= 0.6 is 0 Å². The van der Waals surface area contributed by atoms with Crippen LogP contribution in [0.1, 0.15) is 44.0 Å². The summed E-state index contributed by atoms with van der Waals surface area (Å²) in [7, 11) is 2.22. The number of hydrogen-bond donors (Lipinski definition) is 1. The number of pyridine rings is 1. The van der Waals surface area contributed by atoms with Gasteiger partial charge in [0.25, 0.3) is 0 Å². The molecule has 4 heterocycles. The maximum Gasteiger partial charge on any atom is 0.160 e. The van der Waals surface area contributed by atoms with Crippen LogP contribution in [0.5, 0.6) is 0 Å². The van der Waals surface area contributed by atoms with Crippen molar-refractivity contribution in [3.05, 3.63) is 24.2 Å². The first kappa shape index (κ1) is 15.1. The van der Waals surface area contributed by atoms with Crippen LogP contribution < -0.4 is 5.32 Å². The zero-order valence-electron chi connectivity index (χ0n) is 14.0. The molecule has 0 spiro atoms. The number of likely N-dealkylation sites (tertiary alicyclic amines) is 1. The number of imidazole rings is 1. The van der Waals surface area contributed by atoms with Crippen LogP contribution in [0.4, 0.5) is 0 Å². The van der Waals surface area contributed by atoms with Crippen LogP contribution in [-0.2, 0) is 6.42 Å². The van der Waals surface area contributed by atoms with Crippen molar-refractivity contribution in [2.45, 2.75) is 50.6 Å². The lowest BCUT2D eigenvalue weighted by Crippen LogP contribution is -2.37. The van der Waals surface area contributed by atoms with E-state index >= 15 is 0 Å². The fourth-order valence-electron chi connectivity index (χ4n) is 4.08. The van der Waals surface area contributed by atoms with E-state index in [1.54, 1.807) is 0 Å². The fraction of sp³-hybridized carbons (Fsp3) is 0.667. The van der Waals surface area contributed by atoms with E-state index in [0.717, 1.165) is 37.2 Å². The van der Waals surface area contributed by atoms with E-state index in [2.05, 4.69) is 32.9 Å². The van der Waals surface area contributed by atoms with Gasteiger partial charge in [0.2, 0.25) is 0 Å². The summed E-state index contributed by atoms with van der Waals surface area (Å²) in [5.41, 5.74) is 2.13. The van der Waals surface area contributed by atoms with Gasteiger partial charge in [-0.05, 0) is 64.5 Å². The molecule has 1 atom stereocenters. The Morgan fingerprint density at radius 2 is 2.09 bits per heavy atom. The summed E-state index contributed by atoms with van der Waals surface area (Å²) >= 11 is 0. The van der Waals surface area contributed by atoms with E-state index in [4.69, 9.17) is 4.98 Å². The molecule has 0 radical (unpaired) electrons. The first-order chi connectivity index (χ1) is 11.3. The minimum absolute atomic E-state index is 0.546. The van der Waals surface area contributed by atoms with Gasteiger partial charge in [-0.15, -0.1) is 0 Å². The number of hydrogen-bond acceptors (Lipinski definition) is 4. The molecule has 4 rings (SSSR count). The van der Waals surface area contributed by atoms with Crippen molar-refractivity contribution in [2.24, 2.45) is 0 Å². The average molecular weight is 313 g/mol. The normalized spacial score (nSPS) is 24.3. The monoisotopic (exact) mass is 313 g/mol. The second kappa shape index (κ2) is 6.57. The zero-order valence-corrected chi connectivity index (χ0v) is 14.0. The average Bonchev–Trinajstić information content (AvgIpc) is 2.94. The highest BCUT2D eigenvalue weighted by Gasteiger charge is 2.25. The smallest absolute Gasteiger partial charge is 0.160 e. The van der Waals surface area contributed by atoms with Gasteiger partial charge in [-0.25, -0.2) is 9.97 Å². The summed E-state index contributed by atoms with van der Waals surface area (Å²) in [5.74, 6) is 1.23. The van der Waals surface area contributed by atoms with Gasteiger partial charge in [-0.1, -0.05) is 6.42 Å². The Labute approximate surface area is 138 Å². The zero-order chi connectivity index (χ0) is 15.6. The summed E-state index contributed by atoms with van der Waals surface area (Å²) < 4.78 is 2.46. The van der Waals surface area contributed by atoms with Gasteiger partial charge in [-0.2, -0.15) is 0 Å². The van der Waals surface area contributed by atoms with Crippen LogP contribution in [0.3, 0.4) is 0 Å². The van der Waals surface area contributed by atoms with Gasteiger partial charge >= 0.3 is 0 Å². The maximum absolute atomic E-state index is 4.95. The lowest BCUT2D eigenvalue weighted by atomic mass is 10.0. The Balaban J connectivity index is 1.66. The van der Waals surface area contributed by atoms with Crippen LogP contribution in [0.15, 0.2) is 18.3 Å². The number of nitrogens with one attached hydrogen (secondary N) is 1. The molecule has 0 bridgehead atoms. The summed E-state index contributed by atoms with van der Waals surface area (Å²) in [6.45, 7) is 3.48. The van der Waals surface area contributed by atoms with E-state index in [1.807, 2.05) is 12.3 Å². The fourth-order valence-corrected chi connectivity index (χ4v) is 4.08. The van der Waals surface area contributed by atoms with Crippen LogP contribution in [0, 0.1) is 0 Å². The van der Waals surface area contributed by atoms with E-state index in [0.29, 0.717) is 12.1 Å². The van der Waals surface area contributed by atoms with Crippen molar-refractivity contribution in [3.8, 4) is 0 Å². The highest BCUT2D eigenvalue weighted by Crippen LogP contribution is 2.28. The van der Waals surface area contributed by atoms with Gasteiger partial charge in [0.1, 0.15) is 11.3 Å². The van der Waals surface area contributed by atoms with Crippen molar-refractivity contribution < 1.29 is 0 Å². The molecule has 1 unspecified atom stereocenters. The molecule has 0 amide bonds. The van der Waals surface area contributed by atoms with Crippen LogP contribution in [-0.4, -0.2) is 52.2 Å². The topological polar surface area (TPSA) is 46.0 Å². The molecular formula is C18H27N5. The highest BCUT2D eigenvalue weighted by atomic mass is 15.2. The molecule has 0 saturated carbocycles. The SMILES string of the molecule is CN1CCC(n2c(CC3CCCCN3)nc3cccnc32)CC1. The van der Waals surface area contributed by atoms with Crippen LogP contribution in [0.2, 0.25) is 0 Å². The molecule has 1 N–H and O–H groups in total. The molecule has 5 heteroatoms. The Bertz CT molecular complexity index is 650. The first-order valence-corrected chi connectivity index (χ1v) is 9.05. The number of fused-ring (bicyclic) bond motifs is 1. The van der Waals surface area contributed by atoms with E-state index in [9.17, 15) is 0 Å². The lowest BCUT2D eigenvalue weighted by molar-refractivity contribution is 0.220. The number of piperidine rings is 2. The first-order valence-electron chi connectivity index (χ1n) is 9.05. The Kier molecular flexibility index (Phi) is 4.31. The lowest BCUT2D eigenvalue weighted by Gasteiger charge is -2.31. The van der Waals surface area contributed by atoms with Crippen molar-refractivity contribution >= 4 is 11.2 Å². The number of rotatable bonds is 3. The second-order valence-electron chi connectivity index (χ2n) is 7.13. The molecule has 2 saturated heterocycles. The largest absolute Gasteiger partial charge is 0.314 e. The molecule has 0 aliphatic carbocycles. The van der Waals surface area contributed by atoms with Crippen molar-refractivity contribution in [3.63, 3.8) is 0 Å². The van der Waals surface area contributed by atoms with E-state index < -0.39 is 0 Å². The van der Waals surface area contributed by atoms with Crippen molar-refractivity contribution in [1.29, 1.82) is 0 Å². The quantitative estimate of drug-likeness (QED) is 0.945. The van der Waals surface area contributed by atoms with Gasteiger partial charge in [0.05, 0.1) is 0 Å². The van der Waals surface area contributed by atoms with Gasteiger partial charge in [0.15, 0.2) is 5.65 Å². The molecular weight excluding hydrogens is 286 g/mol. The summed E-state index contributed by atoms with van der Waals surface area (Å²) in [6, 6.07) is 5.22. The van der Waals surface area contributed by atoms with Gasteiger partial charge < -0.3 is 14.8 Å². The molecule has 2 aliphatic heterocycles. The van der Waals surface area contributed by atoms with Crippen LogP contribution in [0.25, 0.3) is 11.2 Å². The third kappa shape index (κ3) is 3.12. The summed E-state index contributed by atoms with van der Waals surface area (Å²) in [6.07, 6.45) is 9.24. The molecule has 2 aromatic heterocycles. The Morgan fingerprint density at radius 3 is 2.87 bits per heavy atom. The van der Waals surface area contributed by atoms with Gasteiger partial charge in [0, 0.05) is 24.7 Å². The van der Waals surface area contributed by atoms with E-state index in [-0.39, 0.29) is 0 Å². The molecule has 5 nitrogen and oxygen atoms in total. The van der Waals surface area contributed by atoms with Gasteiger partial charge in [-0.3, -0.25) is 0 Å². The predicted octanol–water partition coefficient (Wildman–Crippen LogP) is 2.38. The number of nitrogens with zero attached hydrogens (tertiary/aromatic N) is 4. The van der Waals surface area contributed by atoms with Crippen molar-refractivity contribution in [2.75, 3.05) is 26.7 Å². The minimum atomic E-state index is 0.546. The maximum atomic E-state index is 4.95. The molecule has 2 aliphatic rings. The Morgan fingerprint density at radius 1 is 1.22 bits per heavy atom. The Hall–Kier alpha value is -1.46. The number of aromatic nitrogens is 3. The molecule has 23 heavy (non-hydrogen) atoms. The molecule has 124 valence electrons. The molecule has 0 aromatic carbocycles.